The van der Waals surface area contributed by atoms with Gasteiger partial charge in [-0.05, 0) is 21.8 Å². The Balaban J connectivity index is 2.88. The first-order valence-corrected chi connectivity index (χ1v) is 6.24. The molecule has 0 atom stereocenters. The Hall–Kier alpha value is -0.460. The van der Waals surface area contributed by atoms with E-state index in [0.717, 1.165) is 0 Å². The number of halogens is 2. The van der Waals surface area contributed by atoms with Gasteiger partial charge in [0.15, 0.2) is 3.92 Å². The molecule has 2 aromatic heterocycles. The Labute approximate surface area is 103 Å². The number of nitrogens with zero attached hydrogens (tertiary/aromatic N) is 3. The summed E-state index contributed by atoms with van der Waals surface area (Å²) >= 11 is 10.4. The van der Waals surface area contributed by atoms with Crippen LogP contribution in [0.15, 0.2) is 8.71 Å². The fourth-order valence-corrected chi connectivity index (χ4v) is 2.76. The molecule has 2 heterocycles. The summed E-state index contributed by atoms with van der Waals surface area (Å²) in [4.78, 5) is 16.6. The molecule has 0 spiro atoms. The fourth-order valence-electron chi connectivity index (χ4n) is 1.20. The molecule has 0 N–H and O–H groups in total. The highest BCUT2D eigenvalue weighted by atomic mass is 79.9. The second-order valence-corrected chi connectivity index (χ2v) is 5.93. The molecule has 7 heteroatoms. The van der Waals surface area contributed by atoms with Gasteiger partial charge in [0.05, 0.1) is 5.69 Å². The maximum absolute atomic E-state index is 11.8. The van der Waals surface area contributed by atoms with E-state index in [0.29, 0.717) is 14.6 Å². The van der Waals surface area contributed by atoms with Crippen LogP contribution in [0.3, 0.4) is 0 Å². The van der Waals surface area contributed by atoms with E-state index >= 15 is 0 Å². The largest absolute Gasteiger partial charge is 0.294 e. The maximum Gasteiger partial charge on any atom is 0.294 e. The smallest absolute Gasteiger partial charge is 0.266 e. The summed E-state index contributed by atoms with van der Waals surface area (Å²) in [6.07, 6.45) is 0. The van der Waals surface area contributed by atoms with Crippen LogP contribution in [0.4, 0.5) is 0 Å². The lowest BCUT2D eigenvalue weighted by molar-refractivity contribution is 0.796. The van der Waals surface area contributed by atoms with Crippen molar-refractivity contribution in [2.45, 2.75) is 19.8 Å². The van der Waals surface area contributed by atoms with Crippen LogP contribution in [0.1, 0.15) is 25.5 Å². The molecule has 0 aliphatic carbocycles. The van der Waals surface area contributed by atoms with Crippen LogP contribution in [-0.4, -0.2) is 14.6 Å². The number of fused-ring (bicyclic) bond motifs is 1. The minimum Gasteiger partial charge on any atom is -0.266 e. The van der Waals surface area contributed by atoms with Crippen molar-refractivity contribution in [1.82, 2.24) is 14.6 Å². The summed E-state index contributed by atoms with van der Waals surface area (Å²) in [5.74, 6) is 0.121. The van der Waals surface area contributed by atoms with Crippen LogP contribution >= 0.6 is 38.9 Å². The van der Waals surface area contributed by atoms with Gasteiger partial charge in [0.25, 0.3) is 5.56 Å². The van der Waals surface area contributed by atoms with Crippen LogP contribution in [0.5, 0.6) is 0 Å². The molecule has 0 amide bonds. The Morgan fingerprint density at radius 1 is 1.53 bits per heavy atom. The van der Waals surface area contributed by atoms with Crippen molar-refractivity contribution < 1.29 is 0 Å². The van der Waals surface area contributed by atoms with Crippen molar-refractivity contribution in [2.75, 3.05) is 0 Å². The average Bonchev–Trinajstić information content (AvgIpc) is 2.52. The zero-order chi connectivity index (χ0) is 11.2. The van der Waals surface area contributed by atoms with Gasteiger partial charge in [0, 0.05) is 0 Å². The predicted molar refractivity (Wildman–Crippen MR) is 63.9 cm³/mol. The first kappa shape index (κ1) is 11.0. The highest BCUT2D eigenvalue weighted by molar-refractivity contribution is 9.11. The molecule has 0 aliphatic heterocycles. The van der Waals surface area contributed by atoms with Gasteiger partial charge in [0.2, 0.25) is 4.96 Å². The van der Waals surface area contributed by atoms with E-state index in [2.05, 4.69) is 26.0 Å². The predicted octanol–water partition coefficient (Wildman–Crippen LogP) is 2.69. The Morgan fingerprint density at radius 2 is 2.20 bits per heavy atom. The van der Waals surface area contributed by atoms with Crippen LogP contribution in [-0.2, 0) is 0 Å². The summed E-state index contributed by atoms with van der Waals surface area (Å²) < 4.78 is 1.83. The van der Waals surface area contributed by atoms with E-state index in [4.69, 9.17) is 11.6 Å². The topological polar surface area (TPSA) is 47.3 Å². The van der Waals surface area contributed by atoms with E-state index in [1.807, 2.05) is 13.8 Å². The fraction of sp³-hybridized carbons (Fsp3) is 0.375. The van der Waals surface area contributed by atoms with E-state index < -0.39 is 0 Å². The summed E-state index contributed by atoms with van der Waals surface area (Å²) in [7, 11) is 0. The lowest BCUT2D eigenvalue weighted by Gasteiger charge is -2.05. The van der Waals surface area contributed by atoms with Crippen molar-refractivity contribution >= 4 is 43.8 Å². The van der Waals surface area contributed by atoms with Gasteiger partial charge in [-0.2, -0.15) is 4.52 Å². The summed E-state index contributed by atoms with van der Waals surface area (Å²) in [5.41, 5.74) is 0.310. The molecular formula is C8H7BrClN3OS. The second kappa shape index (κ2) is 3.84. The van der Waals surface area contributed by atoms with Gasteiger partial charge in [0.1, 0.15) is 5.02 Å². The standard InChI is InChI=1S/C8H7BrClN3OS/c1-3(2)5-4(10)6(14)13-8(11-5)15-7(9)12-13/h3H,1-2H3. The van der Waals surface area contributed by atoms with Gasteiger partial charge >= 0.3 is 0 Å². The minimum atomic E-state index is -0.313. The minimum absolute atomic E-state index is 0.121. The van der Waals surface area contributed by atoms with Crippen LogP contribution in [0.2, 0.25) is 5.02 Å². The van der Waals surface area contributed by atoms with Crippen molar-refractivity contribution in [3.8, 4) is 0 Å². The Morgan fingerprint density at radius 3 is 2.80 bits per heavy atom. The van der Waals surface area contributed by atoms with Crippen molar-refractivity contribution in [1.29, 1.82) is 0 Å². The van der Waals surface area contributed by atoms with Gasteiger partial charge in [-0.25, -0.2) is 4.98 Å². The number of hydrogen-bond acceptors (Lipinski definition) is 4. The van der Waals surface area contributed by atoms with Gasteiger partial charge in [-0.15, -0.1) is 5.10 Å². The number of aromatic nitrogens is 3. The third-order valence-corrected chi connectivity index (χ3v) is 3.60. The molecule has 2 rings (SSSR count). The summed E-state index contributed by atoms with van der Waals surface area (Å²) in [6, 6.07) is 0. The molecule has 0 aliphatic rings. The van der Waals surface area contributed by atoms with E-state index in [1.165, 1.54) is 15.9 Å². The molecule has 2 aromatic rings. The highest BCUT2D eigenvalue weighted by Gasteiger charge is 2.15. The summed E-state index contributed by atoms with van der Waals surface area (Å²) in [6.45, 7) is 3.89. The molecule has 80 valence electrons. The SMILES string of the molecule is CC(C)c1nc2sc(Br)nn2c(=O)c1Cl. The second-order valence-electron chi connectivity index (χ2n) is 3.32. The highest BCUT2D eigenvalue weighted by Crippen LogP contribution is 2.23. The van der Waals surface area contributed by atoms with E-state index in [1.54, 1.807) is 0 Å². The first-order chi connectivity index (χ1) is 7.00. The normalized spacial score (nSPS) is 11.5. The molecule has 15 heavy (non-hydrogen) atoms. The van der Waals surface area contributed by atoms with Gasteiger partial charge in [-0.3, -0.25) is 4.79 Å². The lowest BCUT2D eigenvalue weighted by atomic mass is 10.1. The molecule has 0 unspecified atom stereocenters. The van der Waals surface area contributed by atoms with Crippen LogP contribution < -0.4 is 5.56 Å². The zero-order valence-corrected chi connectivity index (χ0v) is 11.1. The number of rotatable bonds is 1. The quantitative estimate of drug-likeness (QED) is 0.814. The van der Waals surface area contributed by atoms with Gasteiger partial charge in [-0.1, -0.05) is 36.8 Å². The lowest BCUT2D eigenvalue weighted by Crippen LogP contribution is -2.18. The average molecular weight is 309 g/mol. The molecular weight excluding hydrogens is 302 g/mol. The Kier molecular flexibility index (Phi) is 2.83. The molecule has 0 fully saturated rings. The first-order valence-electron chi connectivity index (χ1n) is 4.25. The maximum atomic E-state index is 11.8. The summed E-state index contributed by atoms with van der Waals surface area (Å²) in [5, 5.41) is 4.12. The molecule has 0 aromatic carbocycles. The number of hydrogen-bond donors (Lipinski definition) is 0. The third-order valence-electron chi connectivity index (χ3n) is 1.90. The van der Waals surface area contributed by atoms with E-state index in [-0.39, 0.29) is 16.5 Å². The molecule has 0 saturated heterocycles. The van der Waals surface area contributed by atoms with Crippen LogP contribution in [0, 0.1) is 0 Å². The molecule has 0 saturated carbocycles. The third kappa shape index (κ3) is 1.81. The van der Waals surface area contributed by atoms with Crippen LogP contribution in [0.25, 0.3) is 4.96 Å². The van der Waals surface area contributed by atoms with Crippen molar-refractivity contribution in [3.05, 3.63) is 25.0 Å². The van der Waals surface area contributed by atoms with Crippen molar-refractivity contribution in [2.24, 2.45) is 0 Å². The molecule has 4 nitrogen and oxygen atoms in total. The van der Waals surface area contributed by atoms with Gasteiger partial charge < -0.3 is 0 Å². The molecule has 0 bridgehead atoms. The molecule has 0 radical (unpaired) electrons. The monoisotopic (exact) mass is 307 g/mol. The zero-order valence-electron chi connectivity index (χ0n) is 7.99. The Bertz CT molecular complexity index is 577. The van der Waals surface area contributed by atoms with E-state index in [9.17, 15) is 4.79 Å². The van der Waals surface area contributed by atoms with Crippen molar-refractivity contribution in [3.63, 3.8) is 0 Å².